The average molecular weight is 383 g/mol. The van der Waals surface area contributed by atoms with Gasteiger partial charge in [0.2, 0.25) is 5.91 Å². The van der Waals surface area contributed by atoms with Gasteiger partial charge in [0.15, 0.2) is 0 Å². The molecule has 1 atom stereocenters. The van der Waals surface area contributed by atoms with Gasteiger partial charge in [-0.05, 0) is 48.9 Å². The van der Waals surface area contributed by atoms with Crippen LogP contribution in [0.2, 0.25) is 0 Å². The fourth-order valence-corrected chi connectivity index (χ4v) is 3.14. The molecule has 0 radical (unpaired) electrons. The highest BCUT2D eigenvalue weighted by Crippen LogP contribution is 2.23. The number of hydrogen-bond acceptors (Lipinski definition) is 5. The molecule has 0 aliphatic carbocycles. The van der Waals surface area contributed by atoms with Crippen LogP contribution < -0.4 is 20.3 Å². The molecule has 1 aliphatic rings. The second-order valence-electron chi connectivity index (χ2n) is 6.60. The van der Waals surface area contributed by atoms with Gasteiger partial charge >= 0.3 is 0 Å². The van der Waals surface area contributed by atoms with E-state index in [0.717, 1.165) is 25.2 Å². The third-order valence-corrected chi connectivity index (χ3v) is 4.74. The normalized spacial score (nSPS) is 15.9. The monoisotopic (exact) mass is 383 g/mol. The molecular weight excluding hydrogens is 358 g/mol. The van der Waals surface area contributed by atoms with E-state index in [4.69, 9.17) is 9.47 Å². The molecule has 3 rings (SSSR count). The number of nitrogens with one attached hydrogen (secondary N) is 2. The maximum atomic E-state index is 12.2. The van der Waals surface area contributed by atoms with Gasteiger partial charge in [0.05, 0.1) is 19.8 Å². The molecule has 0 aromatic heterocycles. The molecule has 2 aromatic carbocycles. The van der Waals surface area contributed by atoms with Crippen LogP contribution in [0.3, 0.4) is 0 Å². The highest BCUT2D eigenvalue weighted by molar-refractivity contribution is 5.99. The summed E-state index contributed by atoms with van der Waals surface area (Å²) in [6.45, 7) is 1.72. The molecular formula is C21H25N3O4. The number of benzene rings is 2. The van der Waals surface area contributed by atoms with Gasteiger partial charge in [-0.15, -0.1) is 0 Å². The number of carbonyl (C=O) groups excluding carboxylic acids is 2. The summed E-state index contributed by atoms with van der Waals surface area (Å²) in [5, 5.41) is 5.40. The Hall–Kier alpha value is -3.06. The number of hydrogen-bond donors (Lipinski definition) is 2. The lowest BCUT2D eigenvalue weighted by Gasteiger charge is -2.18. The zero-order valence-corrected chi connectivity index (χ0v) is 16.1. The van der Waals surface area contributed by atoms with E-state index in [1.165, 1.54) is 7.11 Å². The summed E-state index contributed by atoms with van der Waals surface area (Å²) < 4.78 is 10.5. The summed E-state index contributed by atoms with van der Waals surface area (Å²) in [6, 6.07) is 14.4. The van der Waals surface area contributed by atoms with Gasteiger partial charge in [-0.25, -0.2) is 0 Å². The van der Waals surface area contributed by atoms with Gasteiger partial charge in [0.1, 0.15) is 5.75 Å². The van der Waals surface area contributed by atoms with Crippen LogP contribution >= 0.6 is 0 Å². The topological polar surface area (TPSA) is 79.9 Å². The number of amides is 2. The van der Waals surface area contributed by atoms with E-state index < -0.39 is 0 Å². The van der Waals surface area contributed by atoms with Crippen molar-refractivity contribution in [3.05, 3.63) is 54.1 Å². The molecule has 1 heterocycles. The Kier molecular flexibility index (Phi) is 6.49. The predicted molar refractivity (Wildman–Crippen MR) is 108 cm³/mol. The van der Waals surface area contributed by atoms with E-state index in [1.807, 2.05) is 24.3 Å². The molecule has 1 unspecified atom stereocenters. The van der Waals surface area contributed by atoms with Crippen molar-refractivity contribution in [3.8, 4) is 5.75 Å². The SMILES string of the molecule is COc1cccc(C(=O)NCC(=O)Nc2ccc(N3CCC(OC)C3)cc2)c1. The molecule has 0 bridgehead atoms. The van der Waals surface area contributed by atoms with Crippen molar-refractivity contribution >= 4 is 23.2 Å². The highest BCUT2D eigenvalue weighted by Gasteiger charge is 2.22. The third kappa shape index (κ3) is 5.01. The highest BCUT2D eigenvalue weighted by atomic mass is 16.5. The molecule has 1 fully saturated rings. The second-order valence-corrected chi connectivity index (χ2v) is 6.60. The van der Waals surface area contributed by atoms with Crippen LogP contribution in [-0.4, -0.2) is 51.8 Å². The molecule has 7 nitrogen and oxygen atoms in total. The van der Waals surface area contributed by atoms with E-state index in [2.05, 4.69) is 15.5 Å². The first-order valence-electron chi connectivity index (χ1n) is 9.19. The molecule has 7 heteroatoms. The number of anilines is 2. The van der Waals surface area contributed by atoms with Crippen molar-refractivity contribution in [2.24, 2.45) is 0 Å². The van der Waals surface area contributed by atoms with Gasteiger partial charge < -0.3 is 25.0 Å². The van der Waals surface area contributed by atoms with Crippen molar-refractivity contribution in [2.75, 3.05) is 44.1 Å². The Labute approximate surface area is 164 Å². The molecule has 148 valence electrons. The Bertz CT molecular complexity index is 823. The summed E-state index contributed by atoms with van der Waals surface area (Å²) >= 11 is 0. The third-order valence-electron chi connectivity index (χ3n) is 4.74. The molecule has 2 aromatic rings. The summed E-state index contributed by atoms with van der Waals surface area (Å²) in [7, 11) is 3.27. The van der Waals surface area contributed by atoms with Gasteiger partial charge in [-0.2, -0.15) is 0 Å². The molecule has 0 spiro atoms. The largest absolute Gasteiger partial charge is 0.497 e. The summed E-state index contributed by atoms with van der Waals surface area (Å²) in [5.41, 5.74) is 2.23. The Morgan fingerprint density at radius 2 is 1.93 bits per heavy atom. The van der Waals surface area contributed by atoms with Crippen molar-refractivity contribution in [3.63, 3.8) is 0 Å². The lowest BCUT2D eigenvalue weighted by Crippen LogP contribution is -2.32. The van der Waals surface area contributed by atoms with Crippen molar-refractivity contribution in [2.45, 2.75) is 12.5 Å². The second kappa shape index (κ2) is 9.23. The number of nitrogens with zero attached hydrogens (tertiary/aromatic N) is 1. The Morgan fingerprint density at radius 3 is 2.61 bits per heavy atom. The minimum absolute atomic E-state index is 0.112. The Morgan fingerprint density at radius 1 is 1.14 bits per heavy atom. The first-order valence-corrected chi connectivity index (χ1v) is 9.19. The van der Waals surface area contributed by atoms with Gasteiger partial charge in [-0.1, -0.05) is 6.07 Å². The fraction of sp³-hybridized carbons (Fsp3) is 0.333. The zero-order chi connectivity index (χ0) is 19.9. The number of methoxy groups -OCH3 is 2. The van der Waals surface area contributed by atoms with Crippen LogP contribution in [0.25, 0.3) is 0 Å². The van der Waals surface area contributed by atoms with Crippen molar-refractivity contribution in [1.82, 2.24) is 5.32 Å². The van der Waals surface area contributed by atoms with E-state index >= 15 is 0 Å². The van der Waals surface area contributed by atoms with Crippen LogP contribution in [0.15, 0.2) is 48.5 Å². The first-order chi connectivity index (χ1) is 13.6. The maximum absolute atomic E-state index is 12.2. The number of carbonyl (C=O) groups is 2. The van der Waals surface area contributed by atoms with Crippen LogP contribution in [0.1, 0.15) is 16.8 Å². The summed E-state index contributed by atoms with van der Waals surface area (Å²) in [5.74, 6) is -0.0252. The van der Waals surface area contributed by atoms with E-state index in [0.29, 0.717) is 17.0 Å². The van der Waals surface area contributed by atoms with E-state index in [-0.39, 0.29) is 24.5 Å². The van der Waals surface area contributed by atoms with E-state index in [1.54, 1.807) is 31.4 Å². The number of rotatable bonds is 7. The van der Waals surface area contributed by atoms with Gasteiger partial charge in [-0.3, -0.25) is 9.59 Å². The predicted octanol–water partition coefficient (Wildman–Crippen LogP) is 2.29. The number of ether oxygens (including phenoxy) is 2. The lowest BCUT2D eigenvalue weighted by atomic mass is 10.2. The molecule has 2 amide bonds. The standard InChI is InChI=1S/C21H25N3O4/c1-27-18-5-3-4-15(12-18)21(26)22-13-20(25)23-16-6-8-17(9-7-16)24-11-10-19(14-24)28-2/h3-9,12,19H,10-11,13-14H2,1-2H3,(H,22,26)(H,23,25). The molecule has 0 saturated carbocycles. The van der Waals surface area contributed by atoms with Crippen LogP contribution in [0.4, 0.5) is 11.4 Å². The zero-order valence-electron chi connectivity index (χ0n) is 16.1. The average Bonchev–Trinajstić information content (AvgIpc) is 3.22. The van der Waals surface area contributed by atoms with Crippen LogP contribution in [0, 0.1) is 0 Å². The fourth-order valence-electron chi connectivity index (χ4n) is 3.14. The van der Waals surface area contributed by atoms with E-state index in [9.17, 15) is 9.59 Å². The summed E-state index contributed by atoms with van der Waals surface area (Å²) in [4.78, 5) is 26.5. The summed E-state index contributed by atoms with van der Waals surface area (Å²) in [6.07, 6.45) is 1.29. The molecule has 1 saturated heterocycles. The van der Waals surface area contributed by atoms with Crippen LogP contribution in [0.5, 0.6) is 5.75 Å². The maximum Gasteiger partial charge on any atom is 0.251 e. The van der Waals surface area contributed by atoms with Gasteiger partial charge in [0, 0.05) is 37.1 Å². The Balaban J connectivity index is 1.48. The molecule has 28 heavy (non-hydrogen) atoms. The van der Waals surface area contributed by atoms with Gasteiger partial charge in [0.25, 0.3) is 5.91 Å². The lowest BCUT2D eigenvalue weighted by molar-refractivity contribution is -0.115. The smallest absolute Gasteiger partial charge is 0.251 e. The quantitative estimate of drug-likeness (QED) is 0.767. The van der Waals surface area contributed by atoms with Crippen molar-refractivity contribution in [1.29, 1.82) is 0 Å². The molecule has 1 aliphatic heterocycles. The van der Waals surface area contributed by atoms with Crippen LogP contribution in [-0.2, 0) is 9.53 Å². The minimum atomic E-state index is -0.328. The molecule has 2 N–H and O–H groups in total. The first kappa shape index (κ1) is 19.7. The van der Waals surface area contributed by atoms with Crippen molar-refractivity contribution < 1.29 is 19.1 Å². The minimum Gasteiger partial charge on any atom is -0.497 e.